The maximum absolute atomic E-state index is 13.7. The second kappa shape index (κ2) is 4.87. The molecular weight excluding hydrogens is 279 g/mol. The van der Waals surface area contributed by atoms with Crippen LogP contribution >= 0.6 is 0 Å². The third kappa shape index (κ3) is 2.24. The van der Waals surface area contributed by atoms with E-state index >= 15 is 0 Å². The number of rotatable bonds is 3. The van der Waals surface area contributed by atoms with Gasteiger partial charge in [-0.25, -0.2) is 22.0 Å². The summed E-state index contributed by atoms with van der Waals surface area (Å²) in [6.07, 6.45) is 2.76. The van der Waals surface area contributed by atoms with Crippen LogP contribution in [0.15, 0.2) is 0 Å². The Morgan fingerprint density at radius 3 is 1.85 bits per heavy atom. The second-order valence-electron chi connectivity index (χ2n) is 5.29. The van der Waals surface area contributed by atoms with Crippen molar-refractivity contribution in [1.29, 1.82) is 0 Å². The monoisotopic (exact) mass is 292 g/mol. The van der Waals surface area contributed by atoms with Gasteiger partial charge in [0.05, 0.1) is 0 Å². The number of anilines is 1. The zero-order chi connectivity index (χ0) is 14.4. The Morgan fingerprint density at radius 2 is 1.30 bits per heavy atom. The summed E-state index contributed by atoms with van der Waals surface area (Å²) in [5, 5.41) is 3.28. The maximum Gasteiger partial charge on any atom is 0.200 e. The first kappa shape index (κ1) is 13.6. The number of halogens is 5. The average molecular weight is 292 g/mol. The van der Waals surface area contributed by atoms with E-state index < -0.39 is 34.8 Å². The summed E-state index contributed by atoms with van der Waals surface area (Å²) < 4.78 is 66.7. The summed E-state index contributed by atoms with van der Waals surface area (Å²) in [7, 11) is 0. The van der Waals surface area contributed by atoms with Gasteiger partial charge < -0.3 is 10.2 Å². The molecule has 1 unspecified atom stereocenters. The van der Waals surface area contributed by atoms with Crippen LogP contribution in [0.1, 0.15) is 19.3 Å². The van der Waals surface area contributed by atoms with Gasteiger partial charge in [-0.3, -0.25) is 0 Å². The van der Waals surface area contributed by atoms with Crippen molar-refractivity contribution >= 4 is 5.69 Å². The van der Waals surface area contributed by atoms with Crippen LogP contribution in [0.25, 0.3) is 0 Å². The van der Waals surface area contributed by atoms with Gasteiger partial charge in [0.2, 0.25) is 5.82 Å². The van der Waals surface area contributed by atoms with Crippen LogP contribution in [0, 0.1) is 29.1 Å². The minimum atomic E-state index is -2.12. The highest BCUT2D eigenvalue weighted by atomic mass is 19.2. The molecule has 2 nitrogen and oxygen atoms in total. The van der Waals surface area contributed by atoms with Gasteiger partial charge in [-0.2, -0.15) is 0 Å². The van der Waals surface area contributed by atoms with E-state index in [9.17, 15) is 22.0 Å². The van der Waals surface area contributed by atoms with E-state index in [0.29, 0.717) is 12.5 Å². The number of benzene rings is 1. The van der Waals surface area contributed by atoms with Gasteiger partial charge in [0.15, 0.2) is 23.3 Å². The predicted molar refractivity (Wildman–Crippen MR) is 63.0 cm³/mol. The van der Waals surface area contributed by atoms with Crippen molar-refractivity contribution in [1.82, 2.24) is 5.32 Å². The van der Waals surface area contributed by atoms with Crippen molar-refractivity contribution < 1.29 is 22.0 Å². The molecule has 0 bridgehead atoms. The SMILES string of the molecule is Fc1c(F)c(F)c(N2CCC(NC3CC3)C2)c(F)c1F. The molecule has 0 spiro atoms. The standard InChI is InChI=1S/C13H13F5N2/c14-8-9(15)11(17)13(12(18)10(8)16)20-4-3-7(5-20)19-6-1-2-6/h6-7,19H,1-5H2. The molecule has 2 aliphatic rings. The Bertz CT molecular complexity index is 515. The van der Waals surface area contributed by atoms with Crippen LogP contribution in [0.2, 0.25) is 0 Å². The summed E-state index contributed by atoms with van der Waals surface area (Å²) in [5.41, 5.74) is -0.818. The average Bonchev–Trinajstić information content (AvgIpc) is 3.12. The van der Waals surface area contributed by atoms with Crippen LogP contribution in [0.3, 0.4) is 0 Å². The second-order valence-corrected chi connectivity index (χ2v) is 5.29. The van der Waals surface area contributed by atoms with Crippen LogP contribution in [0.4, 0.5) is 27.6 Å². The molecular formula is C13H13F5N2. The van der Waals surface area contributed by atoms with Crippen molar-refractivity contribution in [2.24, 2.45) is 0 Å². The van der Waals surface area contributed by atoms with Gasteiger partial charge in [0, 0.05) is 25.2 Å². The van der Waals surface area contributed by atoms with Crippen LogP contribution in [-0.2, 0) is 0 Å². The van der Waals surface area contributed by atoms with Crippen LogP contribution in [-0.4, -0.2) is 25.2 Å². The lowest BCUT2D eigenvalue weighted by Crippen LogP contribution is -2.34. The summed E-state index contributed by atoms with van der Waals surface area (Å²) >= 11 is 0. The first-order valence-electron chi connectivity index (χ1n) is 6.51. The first-order valence-corrected chi connectivity index (χ1v) is 6.51. The topological polar surface area (TPSA) is 15.3 Å². The molecule has 1 heterocycles. The number of nitrogens with zero attached hydrogens (tertiary/aromatic N) is 1. The molecule has 3 rings (SSSR count). The van der Waals surface area contributed by atoms with Crippen molar-refractivity contribution in [3.63, 3.8) is 0 Å². The fourth-order valence-electron chi connectivity index (χ4n) is 2.55. The molecule has 2 fully saturated rings. The van der Waals surface area contributed by atoms with Crippen LogP contribution < -0.4 is 10.2 Å². The molecule has 0 radical (unpaired) electrons. The van der Waals surface area contributed by atoms with Crippen molar-refractivity contribution in [2.75, 3.05) is 18.0 Å². The smallest absolute Gasteiger partial charge is 0.200 e. The lowest BCUT2D eigenvalue weighted by molar-refractivity contribution is 0.378. The lowest BCUT2D eigenvalue weighted by Gasteiger charge is -2.21. The molecule has 1 saturated heterocycles. The minimum absolute atomic E-state index is 0.0254. The van der Waals surface area contributed by atoms with Crippen molar-refractivity contribution in [3.8, 4) is 0 Å². The molecule has 1 saturated carbocycles. The minimum Gasteiger partial charge on any atom is -0.365 e. The molecule has 1 atom stereocenters. The largest absolute Gasteiger partial charge is 0.365 e. The van der Waals surface area contributed by atoms with E-state index in [-0.39, 0.29) is 19.1 Å². The van der Waals surface area contributed by atoms with Crippen molar-refractivity contribution in [2.45, 2.75) is 31.3 Å². The van der Waals surface area contributed by atoms with Gasteiger partial charge in [0.25, 0.3) is 0 Å². The zero-order valence-corrected chi connectivity index (χ0v) is 10.5. The van der Waals surface area contributed by atoms with Gasteiger partial charge in [0.1, 0.15) is 5.69 Å². The van der Waals surface area contributed by atoms with Crippen LogP contribution in [0.5, 0.6) is 0 Å². The highest BCUT2D eigenvalue weighted by molar-refractivity contribution is 5.51. The Balaban J connectivity index is 1.87. The molecule has 0 amide bonds. The van der Waals surface area contributed by atoms with Gasteiger partial charge in [-0.1, -0.05) is 0 Å². The molecule has 7 heteroatoms. The maximum atomic E-state index is 13.7. The van der Waals surface area contributed by atoms with E-state index in [4.69, 9.17) is 0 Å². The van der Waals surface area contributed by atoms with E-state index in [2.05, 4.69) is 5.32 Å². The number of hydrogen-bond donors (Lipinski definition) is 1. The highest BCUT2D eigenvalue weighted by Crippen LogP contribution is 2.32. The Hall–Kier alpha value is -1.37. The third-order valence-electron chi connectivity index (χ3n) is 3.74. The molecule has 1 aromatic carbocycles. The first-order chi connectivity index (χ1) is 9.49. The van der Waals surface area contributed by atoms with Gasteiger partial charge in [-0.15, -0.1) is 0 Å². The molecule has 110 valence electrons. The van der Waals surface area contributed by atoms with Crippen molar-refractivity contribution in [3.05, 3.63) is 29.1 Å². The van der Waals surface area contributed by atoms with Gasteiger partial charge >= 0.3 is 0 Å². The Kier molecular flexibility index (Phi) is 3.32. The molecule has 0 aromatic heterocycles. The summed E-state index contributed by atoms with van der Waals surface area (Å²) in [4.78, 5) is 1.22. The fraction of sp³-hybridized carbons (Fsp3) is 0.538. The summed E-state index contributed by atoms with van der Waals surface area (Å²) in [6, 6.07) is 0.453. The normalized spacial score (nSPS) is 22.6. The molecule has 1 N–H and O–H groups in total. The summed E-state index contributed by atoms with van der Waals surface area (Å²) in [6.45, 7) is 0.511. The summed E-state index contributed by atoms with van der Waals surface area (Å²) in [5.74, 6) is -9.41. The molecule has 20 heavy (non-hydrogen) atoms. The quantitative estimate of drug-likeness (QED) is 0.523. The molecule has 1 aliphatic carbocycles. The predicted octanol–water partition coefficient (Wildman–Crippen LogP) is 2.71. The van der Waals surface area contributed by atoms with E-state index in [0.717, 1.165) is 12.8 Å². The zero-order valence-electron chi connectivity index (χ0n) is 10.5. The Labute approximate surface area is 112 Å². The van der Waals surface area contributed by atoms with E-state index in [1.54, 1.807) is 0 Å². The molecule has 1 aromatic rings. The van der Waals surface area contributed by atoms with E-state index in [1.165, 1.54) is 4.90 Å². The highest BCUT2D eigenvalue weighted by Gasteiger charge is 2.34. The lowest BCUT2D eigenvalue weighted by atomic mass is 10.2. The fourth-order valence-corrected chi connectivity index (χ4v) is 2.55. The molecule has 1 aliphatic heterocycles. The third-order valence-corrected chi connectivity index (χ3v) is 3.74. The van der Waals surface area contributed by atoms with Gasteiger partial charge in [-0.05, 0) is 19.3 Å². The van der Waals surface area contributed by atoms with E-state index in [1.807, 2.05) is 0 Å². The number of nitrogens with one attached hydrogen (secondary N) is 1. The Morgan fingerprint density at radius 1 is 0.750 bits per heavy atom. The number of hydrogen-bond acceptors (Lipinski definition) is 2.